The number of hydrogen-bond acceptors (Lipinski definition) is 3. The number of benzene rings is 2. The van der Waals surface area contributed by atoms with Crippen LogP contribution in [0.5, 0.6) is 5.75 Å². The molecule has 1 atom stereocenters. The van der Waals surface area contributed by atoms with Gasteiger partial charge in [-0.1, -0.05) is 26.0 Å². The first-order valence-corrected chi connectivity index (χ1v) is 8.23. The van der Waals surface area contributed by atoms with Gasteiger partial charge in [0.15, 0.2) is 0 Å². The number of nitrogens with one attached hydrogen (secondary N) is 1. The highest BCUT2D eigenvalue weighted by Gasteiger charge is 2.25. The minimum Gasteiger partial charge on any atom is -0.435 e. The Kier molecular flexibility index (Phi) is 5.16. The molecule has 2 aromatic carbocycles. The number of ether oxygens (including phenoxy) is 1. The normalized spacial score (nSPS) is 12.5. The number of nitrogens with zero attached hydrogens (tertiary/aromatic N) is 2. The number of amides is 1. The van der Waals surface area contributed by atoms with Crippen molar-refractivity contribution in [2.24, 2.45) is 5.92 Å². The van der Waals surface area contributed by atoms with Crippen molar-refractivity contribution in [2.45, 2.75) is 26.5 Å². The van der Waals surface area contributed by atoms with Crippen LogP contribution >= 0.6 is 0 Å². The summed E-state index contributed by atoms with van der Waals surface area (Å²) >= 11 is 0. The van der Waals surface area contributed by atoms with Crippen molar-refractivity contribution in [2.75, 3.05) is 5.32 Å². The first kappa shape index (κ1) is 17.8. The summed E-state index contributed by atoms with van der Waals surface area (Å²) in [6, 6.07) is 13.0. The van der Waals surface area contributed by atoms with Crippen molar-refractivity contribution in [1.82, 2.24) is 9.55 Å². The molecule has 26 heavy (non-hydrogen) atoms. The average molecular weight is 359 g/mol. The van der Waals surface area contributed by atoms with Gasteiger partial charge in [-0.2, -0.15) is 8.78 Å². The van der Waals surface area contributed by atoms with Gasteiger partial charge in [0, 0.05) is 5.69 Å². The van der Waals surface area contributed by atoms with Crippen LogP contribution in [-0.4, -0.2) is 22.1 Å². The quantitative estimate of drug-likeness (QED) is 0.706. The van der Waals surface area contributed by atoms with Crippen LogP contribution in [-0.2, 0) is 4.79 Å². The zero-order valence-electron chi connectivity index (χ0n) is 14.4. The summed E-state index contributed by atoms with van der Waals surface area (Å²) in [5.74, 6) is -0.140. The summed E-state index contributed by atoms with van der Waals surface area (Å²) < 4.78 is 30.6. The maximum Gasteiger partial charge on any atom is 0.387 e. The minimum absolute atomic E-state index is 0.0223. The molecule has 1 N–H and O–H groups in total. The second-order valence-corrected chi connectivity index (χ2v) is 6.22. The molecule has 7 heteroatoms. The molecule has 1 aromatic heterocycles. The number of imidazole rings is 1. The number of alkyl halides is 2. The van der Waals surface area contributed by atoms with Gasteiger partial charge in [-0.05, 0) is 42.3 Å². The van der Waals surface area contributed by atoms with Crippen LogP contribution in [0.2, 0.25) is 0 Å². The largest absolute Gasteiger partial charge is 0.435 e. The molecule has 136 valence electrons. The summed E-state index contributed by atoms with van der Waals surface area (Å²) in [6.07, 6.45) is 1.66. The van der Waals surface area contributed by atoms with Gasteiger partial charge in [0.25, 0.3) is 0 Å². The Morgan fingerprint density at radius 3 is 2.46 bits per heavy atom. The van der Waals surface area contributed by atoms with Gasteiger partial charge >= 0.3 is 6.61 Å². The van der Waals surface area contributed by atoms with Crippen LogP contribution in [0.4, 0.5) is 14.5 Å². The zero-order chi connectivity index (χ0) is 18.7. The number of anilines is 1. The number of halogens is 2. The fourth-order valence-corrected chi connectivity index (χ4v) is 2.89. The van der Waals surface area contributed by atoms with Gasteiger partial charge in [-0.15, -0.1) is 0 Å². The fraction of sp³-hybridized carbons (Fsp3) is 0.263. The lowest BCUT2D eigenvalue weighted by Crippen LogP contribution is -2.29. The summed E-state index contributed by atoms with van der Waals surface area (Å²) in [5, 5.41) is 2.83. The van der Waals surface area contributed by atoms with E-state index in [1.165, 1.54) is 24.3 Å². The third-order valence-electron chi connectivity index (χ3n) is 4.03. The molecule has 0 saturated carbocycles. The van der Waals surface area contributed by atoms with E-state index in [0.717, 1.165) is 11.0 Å². The van der Waals surface area contributed by atoms with E-state index in [9.17, 15) is 13.6 Å². The molecule has 1 amide bonds. The first-order valence-electron chi connectivity index (χ1n) is 8.23. The topological polar surface area (TPSA) is 56.1 Å². The SMILES string of the molecule is CC(C)[C@H](C(=O)Nc1ccc(OC(F)F)cc1)n1cnc2ccccc21. The second kappa shape index (κ2) is 7.51. The monoisotopic (exact) mass is 359 g/mol. The number of para-hydroxylation sites is 2. The van der Waals surface area contributed by atoms with E-state index >= 15 is 0 Å². The molecule has 0 saturated heterocycles. The number of carbonyl (C=O) groups excluding carboxylic acids is 1. The molecule has 1 heterocycles. The second-order valence-electron chi connectivity index (χ2n) is 6.22. The first-order chi connectivity index (χ1) is 12.5. The number of rotatable bonds is 6. The van der Waals surface area contributed by atoms with Crippen molar-refractivity contribution in [3.8, 4) is 5.75 Å². The molecule has 3 aromatic rings. The van der Waals surface area contributed by atoms with E-state index < -0.39 is 12.7 Å². The smallest absolute Gasteiger partial charge is 0.387 e. The third-order valence-corrected chi connectivity index (χ3v) is 4.03. The number of aromatic nitrogens is 2. The standard InChI is InChI=1S/C19H19F2N3O2/c1-12(2)17(24-11-22-15-5-3-4-6-16(15)24)18(25)23-13-7-9-14(10-8-13)26-19(20)21/h3-12,17,19H,1-2H3,(H,23,25)/t17-/m1/s1. The Balaban J connectivity index is 1.81. The Hall–Kier alpha value is -2.96. The lowest BCUT2D eigenvalue weighted by atomic mass is 10.0. The molecular weight excluding hydrogens is 340 g/mol. The molecule has 0 aliphatic rings. The summed E-state index contributed by atoms with van der Waals surface area (Å²) in [5.41, 5.74) is 2.20. The highest BCUT2D eigenvalue weighted by molar-refractivity contribution is 5.95. The lowest BCUT2D eigenvalue weighted by Gasteiger charge is -2.22. The molecule has 0 fully saturated rings. The Morgan fingerprint density at radius 2 is 1.81 bits per heavy atom. The van der Waals surface area contributed by atoms with E-state index in [-0.39, 0.29) is 17.6 Å². The Morgan fingerprint density at radius 1 is 1.12 bits per heavy atom. The van der Waals surface area contributed by atoms with Gasteiger partial charge < -0.3 is 14.6 Å². The molecule has 0 aliphatic heterocycles. The molecule has 0 bridgehead atoms. The van der Waals surface area contributed by atoms with E-state index in [1.807, 2.05) is 42.7 Å². The maximum absolute atomic E-state index is 12.8. The predicted octanol–water partition coefficient (Wildman–Crippen LogP) is 4.47. The van der Waals surface area contributed by atoms with Crippen LogP contribution in [0.3, 0.4) is 0 Å². The predicted molar refractivity (Wildman–Crippen MR) is 95.3 cm³/mol. The summed E-state index contributed by atoms with van der Waals surface area (Å²) in [4.78, 5) is 17.2. The van der Waals surface area contributed by atoms with Gasteiger partial charge in [0.1, 0.15) is 11.8 Å². The Labute approximate surface area is 149 Å². The Bertz CT molecular complexity index is 891. The van der Waals surface area contributed by atoms with Crippen molar-refractivity contribution < 1.29 is 18.3 Å². The van der Waals surface area contributed by atoms with E-state index in [1.54, 1.807) is 6.33 Å². The molecule has 0 spiro atoms. The third kappa shape index (κ3) is 3.82. The minimum atomic E-state index is -2.88. The lowest BCUT2D eigenvalue weighted by molar-refractivity contribution is -0.120. The number of carbonyl (C=O) groups is 1. The highest BCUT2D eigenvalue weighted by Crippen LogP contribution is 2.26. The van der Waals surface area contributed by atoms with Gasteiger partial charge in [0.05, 0.1) is 17.4 Å². The molecule has 0 aliphatic carbocycles. The summed E-state index contributed by atoms with van der Waals surface area (Å²) in [6.45, 7) is 1.03. The fourth-order valence-electron chi connectivity index (χ4n) is 2.89. The van der Waals surface area contributed by atoms with Crippen molar-refractivity contribution in [3.05, 3.63) is 54.9 Å². The average Bonchev–Trinajstić information content (AvgIpc) is 3.00. The van der Waals surface area contributed by atoms with Crippen LogP contribution in [0, 0.1) is 5.92 Å². The van der Waals surface area contributed by atoms with Crippen molar-refractivity contribution >= 4 is 22.6 Å². The molecule has 0 radical (unpaired) electrons. The number of fused-ring (bicyclic) bond motifs is 1. The van der Waals surface area contributed by atoms with Crippen molar-refractivity contribution in [1.29, 1.82) is 0 Å². The van der Waals surface area contributed by atoms with E-state index in [0.29, 0.717) is 5.69 Å². The van der Waals surface area contributed by atoms with Crippen LogP contribution in [0.25, 0.3) is 11.0 Å². The summed E-state index contributed by atoms with van der Waals surface area (Å²) in [7, 11) is 0. The maximum atomic E-state index is 12.8. The molecular formula is C19H19F2N3O2. The van der Waals surface area contributed by atoms with Crippen molar-refractivity contribution in [3.63, 3.8) is 0 Å². The van der Waals surface area contributed by atoms with Gasteiger partial charge in [-0.3, -0.25) is 4.79 Å². The molecule has 0 unspecified atom stereocenters. The number of hydrogen-bond donors (Lipinski definition) is 1. The van der Waals surface area contributed by atoms with Crippen LogP contribution in [0.15, 0.2) is 54.9 Å². The molecule has 5 nitrogen and oxygen atoms in total. The van der Waals surface area contributed by atoms with E-state index in [2.05, 4.69) is 15.0 Å². The van der Waals surface area contributed by atoms with Gasteiger partial charge in [0.2, 0.25) is 5.91 Å². The highest BCUT2D eigenvalue weighted by atomic mass is 19.3. The zero-order valence-corrected chi connectivity index (χ0v) is 14.4. The van der Waals surface area contributed by atoms with E-state index in [4.69, 9.17) is 0 Å². The van der Waals surface area contributed by atoms with Crippen LogP contribution in [0.1, 0.15) is 19.9 Å². The van der Waals surface area contributed by atoms with Gasteiger partial charge in [-0.25, -0.2) is 4.98 Å². The molecule has 3 rings (SSSR count). The van der Waals surface area contributed by atoms with Crippen LogP contribution < -0.4 is 10.1 Å².